The van der Waals surface area contributed by atoms with Crippen molar-refractivity contribution >= 4 is 24.8 Å². The topological polar surface area (TPSA) is 0 Å². The smallest absolute Gasteiger partial charge is 0 e. The van der Waals surface area contributed by atoms with Gasteiger partial charge in [-0.2, -0.15) is 35.4 Å². The summed E-state index contributed by atoms with van der Waals surface area (Å²) >= 11 is 0. The molecule has 1 aromatic carbocycles. The Labute approximate surface area is 134 Å². The summed E-state index contributed by atoms with van der Waals surface area (Å²) < 4.78 is 0. The van der Waals surface area contributed by atoms with Crippen molar-refractivity contribution in [3.05, 3.63) is 35.4 Å². The van der Waals surface area contributed by atoms with Crippen molar-refractivity contribution < 1.29 is 21.7 Å². The van der Waals surface area contributed by atoms with Crippen LogP contribution in [-0.2, 0) is 32.5 Å². The third-order valence-corrected chi connectivity index (χ3v) is 2.41. The molecule has 0 atom stereocenters. The Balaban J connectivity index is -0.000000653. The predicted molar refractivity (Wildman–Crippen MR) is 77.2 cm³/mol. The molecule has 0 aliphatic heterocycles. The molecule has 1 aromatic rings. The summed E-state index contributed by atoms with van der Waals surface area (Å²) in [6.45, 7) is 13.4. The second kappa shape index (κ2) is 7.84. The molecule has 0 radical (unpaired) electrons. The number of halogens is 2. The van der Waals surface area contributed by atoms with Crippen LogP contribution in [0.25, 0.3) is 0 Å². The molecule has 0 aliphatic rings. The van der Waals surface area contributed by atoms with Crippen LogP contribution in [0.3, 0.4) is 0 Å². The Morgan fingerprint density at radius 2 is 1.06 bits per heavy atom. The van der Waals surface area contributed by atoms with Crippen molar-refractivity contribution in [2.24, 2.45) is 0 Å². The van der Waals surface area contributed by atoms with Crippen LogP contribution in [0.1, 0.15) is 52.7 Å². The molecule has 0 aromatic heterocycles. The maximum atomic E-state index is 3.52. The van der Waals surface area contributed by atoms with Gasteiger partial charge in [-0.1, -0.05) is 41.5 Å². The molecule has 3 heteroatoms. The fourth-order valence-corrected chi connectivity index (χ4v) is 1.34. The standard InChI is InChI=1S/C14H21.2ClH.Ti/c1-13(2,3)11-8-7-9-12(10-11)14(4,5)6;;;/h7-9H,1-6H3;2*1H;/q-1;;;. The molecule has 98 valence electrons. The van der Waals surface area contributed by atoms with Crippen LogP contribution in [0.4, 0.5) is 0 Å². The van der Waals surface area contributed by atoms with Gasteiger partial charge < -0.3 is 0 Å². The molecule has 0 aliphatic carbocycles. The molecular weight excluding hydrogens is 287 g/mol. The van der Waals surface area contributed by atoms with Crippen molar-refractivity contribution in [2.45, 2.75) is 52.4 Å². The van der Waals surface area contributed by atoms with Crippen molar-refractivity contribution in [3.8, 4) is 0 Å². The summed E-state index contributed by atoms with van der Waals surface area (Å²) in [4.78, 5) is 0. The van der Waals surface area contributed by atoms with Crippen molar-refractivity contribution in [2.75, 3.05) is 0 Å². The van der Waals surface area contributed by atoms with E-state index in [1.165, 1.54) is 11.1 Å². The van der Waals surface area contributed by atoms with E-state index in [1.807, 2.05) is 0 Å². The first-order chi connectivity index (χ1) is 6.21. The summed E-state index contributed by atoms with van der Waals surface area (Å²) in [5.74, 6) is 0. The van der Waals surface area contributed by atoms with Crippen LogP contribution in [0, 0.1) is 6.07 Å². The van der Waals surface area contributed by atoms with Gasteiger partial charge in [-0.15, -0.1) is 24.8 Å². The minimum Gasteiger partial charge on any atom is -0.176 e. The maximum Gasteiger partial charge on any atom is 0 e. The first-order valence-corrected chi connectivity index (χ1v) is 5.24. The van der Waals surface area contributed by atoms with E-state index in [9.17, 15) is 0 Å². The molecule has 0 unspecified atom stereocenters. The van der Waals surface area contributed by atoms with Crippen LogP contribution in [0.2, 0.25) is 0 Å². The second-order valence-corrected chi connectivity index (χ2v) is 5.98. The molecule has 0 spiro atoms. The molecule has 0 fully saturated rings. The third kappa shape index (κ3) is 6.86. The van der Waals surface area contributed by atoms with E-state index in [0.29, 0.717) is 0 Å². The van der Waals surface area contributed by atoms with E-state index in [4.69, 9.17) is 0 Å². The predicted octanol–water partition coefficient (Wildman–Crippen LogP) is 4.92. The van der Waals surface area contributed by atoms with Gasteiger partial charge in [-0.3, -0.25) is 0 Å². The molecule has 0 saturated heterocycles. The van der Waals surface area contributed by atoms with Crippen LogP contribution in [0.5, 0.6) is 0 Å². The molecule has 0 saturated carbocycles. The SMILES string of the molecule is CC(C)(C)c1[c-]c(C(C)(C)C)ccc1.Cl.Cl.[Ti]. The molecular formula is C14H23Cl2Ti-. The van der Waals surface area contributed by atoms with Gasteiger partial charge in [0.05, 0.1) is 0 Å². The molecule has 17 heavy (non-hydrogen) atoms. The molecule has 0 nitrogen and oxygen atoms in total. The molecule has 0 amide bonds. The zero-order valence-corrected chi connectivity index (χ0v) is 14.7. The number of benzene rings is 1. The van der Waals surface area contributed by atoms with Gasteiger partial charge in [0.25, 0.3) is 0 Å². The zero-order chi connectivity index (χ0) is 11.0. The average molecular weight is 310 g/mol. The largest absolute Gasteiger partial charge is 0.176 e. The van der Waals surface area contributed by atoms with Gasteiger partial charge in [0.15, 0.2) is 0 Å². The maximum absolute atomic E-state index is 3.52. The Bertz CT molecular complexity index is 292. The van der Waals surface area contributed by atoms with Crippen molar-refractivity contribution in [1.29, 1.82) is 0 Å². The van der Waals surface area contributed by atoms with Crippen LogP contribution in [-0.4, -0.2) is 0 Å². The monoisotopic (exact) mass is 309 g/mol. The normalized spacial score (nSPS) is 10.7. The van der Waals surface area contributed by atoms with E-state index < -0.39 is 0 Å². The van der Waals surface area contributed by atoms with E-state index in [-0.39, 0.29) is 57.4 Å². The Morgan fingerprint density at radius 1 is 0.765 bits per heavy atom. The molecule has 0 N–H and O–H groups in total. The quantitative estimate of drug-likeness (QED) is 0.471. The summed E-state index contributed by atoms with van der Waals surface area (Å²) in [6, 6.07) is 9.98. The minimum absolute atomic E-state index is 0. The van der Waals surface area contributed by atoms with E-state index in [0.717, 1.165) is 0 Å². The fourth-order valence-electron chi connectivity index (χ4n) is 1.34. The zero-order valence-electron chi connectivity index (χ0n) is 11.5. The van der Waals surface area contributed by atoms with E-state index >= 15 is 0 Å². The summed E-state index contributed by atoms with van der Waals surface area (Å²) in [7, 11) is 0. The molecule has 0 heterocycles. The van der Waals surface area contributed by atoms with E-state index in [2.05, 4.69) is 65.8 Å². The summed E-state index contributed by atoms with van der Waals surface area (Å²) in [6.07, 6.45) is 0. The number of hydrogen-bond donors (Lipinski definition) is 0. The Hall–Kier alpha value is 0.514. The average Bonchev–Trinajstić information content (AvgIpc) is 2.01. The van der Waals surface area contributed by atoms with E-state index in [1.54, 1.807) is 0 Å². The summed E-state index contributed by atoms with van der Waals surface area (Å²) in [5, 5.41) is 0. The minimum atomic E-state index is 0. The Kier molecular flexibility index (Phi) is 10.5. The third-order valence-electron chi connectivity index (χ3n) is 2.41. The van der Waals surface area contributed by atoms with Crippen molar-refractivity contribution in [1.82, 2.24) is 0 Å². The van der Waals surface area contributed by atoms with Gasteiger partial charge in [-0.25, -0.2) is 0 Å². The van der Waals surface area contributed by atoms with Crippen LogP contribution in [0.15, 0.2) is 18.2 Å². The van der Waals surface area contributed by atoms with Gasteiger partial charge in [0, 0.05) is 21.7 Å². The fraction of sp³-hybridized carbons (Fsp3) is 0.571. The van der Waals surface area contributed by atoms with Gasteiger partial charge in [0.2, 0.25) is 0 Å². The summed E-state index contributed by atoms with van der Waals surface area (Å²) in [5.41, 5.74) is 2.98. The first kappa shape index (κ1) is 22.7. The molecule has 1 rings (SSSR count). The van der Waals surface area contributed by atoms with Crippen molar-refractivity contribution in [3.63, 3.8) is 0 Å². The van der Waals surface area contributed by atoms with Gasteiger partial charge >= 0.3 is 0 Å². The Morgan fingerprint density at radius 3 is 1.29 bits per heavy atom. The number of rotatable bonds is 0. The van der Waals surface area contributed by atoms with Crippen LogP contribution < -0.4 is 0 Å². The molecule has 0 bridgehead atoms. The second-order valence-electron chi connectivity index (χ2n) is 5.98. The number of hydrogen-bond acceptors (Lipinski definition) is 0. The van der Waals surface area contributed by atoms with Gasteiger partial charge in [-0.05, 0) is 10.8 Å². The van der Waals surface area contributed by atoms with Gasteiger partial charge in [0.1, 0.15) is 0 Å². The van der Waals surface area contributed by atoms with Crippen LogP contribution >= 0.6 is 24.8 Å². The first-order valence-electron chi connectivity index (χ1n) is 5.24.